The number of hydrogen-bond donors (Lipinski definition) is 0. The molecule has 1 aliphatic heterocycles. The van der Waals surface area contributed by atoms with E-state index in [1.807, 2.05) is 54.6 Å². The van der Waals surface area contributed by atoms with Gasteiger partial charge >= 0.3 is 12.1 Å². The van der Waals surface area contributed by atoms with Crippen LogP contribution in [0.5, 0.6) is 0 Å². The number of ether oxygens (including phenoxy) is 2. The maximum absolute atomic E-state index is 12.6. The molecule has 1 unspecified atom stereocenters. The Labute approximate surface area is 161 Å². The number of amides is 1. The molecule has 1 atom stereocenters. The molecule has 1 aliphatic rings. The first-order chi connectivity index (χ1) is 12.5. The van der Waals surface area contributed by atoms with Gasteiger partial charge < -0.3 is 14.4 Å². The minimum Gasteiger partial charge on any atom is -0.468 e. The highest BCUT2D eigenvalue weighted by Crippen LogP contribution is 2.37. The van der Waals surface area contributed by atoms with Crippen molar-refractivity contribution in [2.75, 3.05) is 20.2 Å². The van der Waals surface area contributed by atoms with Crippen LogP contribution in [0.25, 0.3) is 0 Å². The third kappa shape index (κ3) is 3.75. The van der Waals surface area contributed by atoms with Gasteiger partial charge in [-0.15, -0.1) is 0 Å². The van der Waals surface area contributed by atoms with Crippen molar-refractivity contribution in [1.82, 2.24) is 4.90 Å². The molecule has 0 aliphatic carbocycles. The Morgan fingerprint density at radius 3 is 2.62 bits per heavy atom. The highest BCUT2D eigenvalue weighted by atomic mass is 79.9. The van der Waals surface area contributed by atoms with Gasteiger partial charge in [0.05, 0.1) is 7.11 Å². The zero-order chi connectivity index (χ0) is 18.6. The van der Waals surface area contributed by atoms with Crippen LogP contribution in [0, 0.1) is 0 Å². The van der Waals surface area contributed by atoms with Gasteiger partial charge in [0.1, 0.15) is 12.0 Å². The van der Waals surface area contributed by atoms with Gasteiger partial charge in [0.2, 0.25) is 0 Å². The summed E-state index contributed by atoms with van der Waals surface area (Å²) in [5.41, 5.74) is 0.882. The van der Waals surface area contributed by atoms with Crippen molar-refractivity contribution in [3.63, 3.8) is 0 Å². The molecule has 3 rings (SSSR count). The zero-order valence-corrected chi connectivity index (χ0v) is 16.1. The van der Waals surface area contributed by atoms with Crippen molar-refractivity contribution < 1.29 is 19.1 Å². The lowest BCUT2D eigenvalue weighted by Gasteiger charge is -2.27. The second-order valence-corrected chi connectivity index (χ2v) is 7.21. The minimum absolute atomic E-state index is 0.207. The van der Waals surface area contributed by atoms with Crippen LogP contribution in [0.3, 0.4) is 0 Å². The smallest absolute Gasteiger partial charge is 0.410 e. The number of methoxy groups -OCH3 is 1. The van der Waals surface area contributed by atoms with Gasteiger partial charge in [0, 0.05) is 17.6 Å². The Balaban J connectivity index is 1.74. The SMILES string of the molecule is COC(=O)C1(c2cccc(Br)c2)CCN(C(=O)OCc2ccccc2)C1. The van der Waals surface area contributed by atoms with Crippen LogP contribution in [0.15, 0.2) is 59.1 Å². The lowest BCUT2D eigenvalue weighted by atomic mass is 9.79. The summed E-state index contributed by atoms with van der Waals surface area (Å²) in [6.45, 7) is 0.886. The zero-order valence-electron chi connectivity index (χ0n) is 14.5. The van der Waals surface area contributed by atoms with E-state index in [-0.39, 0.29) is 19.1 Å². The number of benzene rings is 2. The van der Waals surface area contributed by atoms with Crippen molar-refractivity contribution in [3.8, 4) is 0 Å². The second-order valence-electron chi connectivity index (χ2n) is 6.30. The molecule has 26 heavy (non-hydrogen) atoms. The molecule has 0 N–H and O–H groups in total. The van der Waals surface area contributed by atoms with Crippen molar-refractivity contribution in [2.45, 2.75) is 18.4 Å². The van der Waals surface area contributed by atoms with Gasteiger partial charge in [-0.05, 0) is 29.7 Å². The number of carbonyl (C=O) groups is 2. The average Bonchev–Trinajstić information content (AvgIpc) is 3.13. The molecule has 0 aromatic heterocycles. The van der Waals surface area contributed by atoms with Gasteiger partial charge in [0.25, 0.3) is 0 Å². The molecule has 1 saturated heterocycles. The van der Waals surface area contributed by atoms with E-state index in [2.05, 4.69) is 15.9 Å². The monoisotopic (exact) mass is 417 g/mol. The normalized spacial score (nSPS) is 19.2. The first-order valence-corrected chi connectivity index (χ1v) is 9.14. The fourth-order valence-electron chi connectivity index (χ4n) is 3.28. The Kier molecular flexibility index (Phi) is 5.61. The summed E-state index contributed by atoms with van der Waals surface area (Å²) in [6, 6.07) is 17.1. The van der Waals surface area contributed by atoms with Gasteiger partial charge in [-0.2, -0.15) is 0 Å². The molecule has 0 bridgehead atoms. The molecule has 6 heteroatoms. The lowest BCUT2D eigenvalue weighted by Crippen LogP contribution is -2.41. The number of nitrogens with zero attached hydrogens (tertiary/aromatic N) is 1. The summed E-state index contributed by atoms with van der Waals surface area (Å²) in [5, 5.41) is 0. The topological polar surface area (TPSA) is 55.8 Å². The second kappa shape index (κ2) is 7.91. The number of likely N-dealkylation sites (tertiary alicyclic amines) is 1. The van der Waals surface area contributed by atoms with Gasteiger partial charge in [-0.3, -0.25) is 4.79 Å². The summed E-state index contributed by atoms with van der Waals surface area (Å²) in [5.74, 6) is -0.339. The van der Waals surface area contributed by atoms with Crippen LogP contribution >= 0.6 is 15.9 Å². The fourth-order valence-corrected chi connectivity index (χ4v) is 3.68. The predicted octanol–water partition coefficient (Wildman–Crippen LogP) is 3.90. The molecular weight excluding hydrogens is 398 g/mol. The molecule has 0 radical (unpaired) electrons. The molecule has 0 spiro atoms. The highest BCUT2D eigenvalue weighted by molar-refractivity contribution is 9.10. The van der Waals surface area contributed by atoms with E-state index in [4.69, 9.17) is 9.47 Å². The maximum atomic E-state index is 12.6. The first-order valence-electron chi connectivity index (χ1n) is 8.35. The predicted molar refractivity (Wildman–Crippen MR) is 101 cm³/mol. The summed E-state index contributed by atoms with van der Waals surface area (Å²) in [6.07, 6.45) is 0.0750. The number of rotatable bonds is 4. The van der Waals surface area contributed by atoms with Crippen LogP contribution in [0.2, 0.25) is 0 Å². The van der Waals surface area contributed by atoms with E-state index >= 15 is 0 Å². The number of halogens is 1. The standard InChI is InChI=1S/C20H20BrNO4/c1-25-18(23)20(16-8-5-9-17(21)12-16)10-11-22(14-20)19(24)26-13-15-6-3-2-4-7-15/h2-9,12H,10-11,13-14H2,1H3. The first kappa shape index (κ1) is 18.5. The Bertz CT molecular complexity index is 795. The third-order valence-electron chi connectivity index (χ3n) is 4.69. The number of carbonyl (C=O) groups excluding carboxylic acids is 2. The van der Waals surface area contributed by atoms with Crippen molar-refractivity contribution in [3.05, 3.63) is 70.2 Å². The molecule has 2 aromatic rings. The molecule has 0 saturated carbocycles. The highest BCUT2D eigenvalue weighted by Gasteiger charge is 2.49. The van der Waals surface area contributed by atoms with E-state index in [0.29, 0.717) is 13.0 Å². The maximum Gasteiger partial charge on any atom is 0.410 e. The van der Waals surface area contributed by atoms with Crippen LogP contribution in [-0.4, -0.2) is 37.2 Å². The van der Waals surface area contributed by atoms with Gasteiger partial charge in [-0.25, -0.2) is 4.79 Å². The fraction of sp³-hybridized carbons (Fsp3) is 0.300. The van der Waals surface area contributed by atoms with Crippen molar-refractivity contribution >= 4 is 28.0 Å². The molecule has 136 valence electrons. The average molecular weight is 418 g/mol. The number of hydrogen-bond acceptors (Lipinski definition) is 4. The quantitative estimate of drug-likeness (QED) is 0.707. The van der Waals surface area contributed by atoms with E-state index < -0.39 is 11.5 Å². The van der Waals surface area contributed by atoms with E-state index in [0.717, 1.165) is 15.6 Å². The van der Waals surface area contributed by atoms with E-state index in [1.165, 1.54) is 7.11 Å². The molecular formula is C20H20BrNO4. The minimum atomic E-state index is -0.871. The Morgan fingerprint density at radius 1 is 1.15 bits per heavy atom. The van der Waals surface area contributed by atoms with Crippen LogP contribution in [0.1, 0.15) is 17.5 Å². The number of esters is 1. The van der Waals surface area contributed by atoms with Gasteiger partial charge in [0.15, 0.2) is 0 Å². The summed E-state index contributed by atoms with van der Waals surface area (Å²) in [4.78, 5) is 26.6. The molecule has 1 heterocycles. The van der Waals surface area contributed by atoms with E-state index in [1.54, 1.807) is 4.90 Å². The van der Waals surface area contributed by atoms with E-state index in [9.17, 15) is 9.59 Å². The van der Waals surface area contributed by atoms with Crippen molar-refractivity contribution in [2.24, 2.45) is 0 Å². The van der Waals surface area contributed by atoms with Crippen LogP contribution < -0.4 is 0 Å². The lowest BCUT2D eigenvalue weighted by molar-refractivity contribution is -0.147. The summed E-state index contributed by atoms with van der Waals surface area (Å²) >= 11 is 3.44. The molecule has 1 fully saturated rings. The summed E-state index contributed by atoms with van der Waals surface area (Å²) < 4.78 is 11.3. The largest absolute Gasteiger partial charge is 0.468 e. The van der Waals surface area contributed by atoms with Crippen LogP contribution in [-0.2, 0) is 26.3 Å². The molecule has 1 amide bonds. The van der Waals surface area contributed by atoms with Crippen LogP contribution in [0.4, 0.5) is 4.79 Å². The third-order valence-corrected chi connectivity index (χ3v) is 5.18. The van der Waals surface area contributed by atoms with Crippen molar-refractivity contribution in [1.29, 1.82) is 0 Å². The Hall–Kier alpha value is -2.34. The Morgan fingerprint density at radius 2 is 1.92 bits per heavy atom. The molecule has 2 aromatic carbocycles. The van der Waals surface area contributed by atoms with Gasteiger partial charge in [-0.1, -0.05) is 58.4 Å². The summed E-state index contributed by atoms with van der Waals surface area (Å²) in [7, 11) is 1.37. The molecule has 5 nitrogen and oxygen atoms in total.